The van der Waals surface area contributed by atoms with Crippen molar-refractivity contribution in [1.82, 2.24) is 30.9 Å². The molecule has 2 heterocycles. The molecule has 214 valence electrons. The lowest BCUT2D eigenvalue weighted by Gasteiger charge is -2.24. The zero-order valence-electron chi connectivity index (χ0n) is 21.7. The van der Waals surface area contributed by atoms with Crippen LogP contribution < -0.4 is 33.2 Å². The van der Waals surface area contributed by atoms with E-state index in [2.05, 4.69) is 35.9 Å². The maximum atomic E-state index is 13.5. The second-order valence-electron chi connectivity index (χ2n) is 9.13. The molecule has 3 aromatic rings. The number of aliphatic imine (C=N–C) groups is 1. The van der Waals surface area contributed by atoms with Crippen LogP contribution in [0.2, 0.25) is 0 Å². The van der Waals surface area contributed by atoms with Gasteiger partial charge in [-0.05, 0) is 24.5 Å². The van der Waals surface area contributed by atoms with Crippen LogP contribution in [-0.2, 0) is 32.0 Å². The molecule has 0 saturated carbocycles. The highest BCUT2D eigenvalue weighted by atomic mass is 16.4. The maximum Gasteiger partial charge on any atom is 0.322 e. The zero-order chi connectivity index (χ0) is 29.1. The van der Waals surface area contributed by atoms with Gasteiger partial charge in [0.05, 0.1) is 12.4 Å². The van der Waals surface area contributed by atoms with Crippen molar-refractivity contribution in [2.75, 3.05) is 13.1 Å². The van der Waals surface area contributed by atoms with E-state index in [9.17, 15) is 19.2 Å². The minimum absolute atomic E-state index is 0.0366. The molecule has 0 spiro atoms. The number of fused-ring (bicyclic) bond motifs is 1. The number of aromatic nitrogens is 3. The Morgan fingerprint density at radius 1 is 1.00 bits per heavy atom. The fourth-order valence-corrected chi connectivity index (χ4v) is 4.04. The van der Waals surface area contributed by atoms with E-state index in [-0.39, 0.29) is 25.2 Å². The Hall–Kier alpha value is -4.92. The molecule has 1 aromatic carbocycles. The number of rotatable bonds is 15. The first kappa shape index (κ1) is 29.6. The summed E-state index contributed by atoms with van der Waals surface area (Å²) < 4.78 is 0. The molecule has 12 N–H and O–H groups in total. The molecular formula is C25H34N10O5. The third-order valence-electron chi connectivity index (χ3n) is 6.06. The lowest BCUT2D eigenvalue weighted by Crippen LogP contribution is -2.57. The van der Waals surface area contributed by atoms with Gasteiger partial charge in [-0.15, -0.1) is 0 Å². The van der Waals surface area contributed by atoms with Crippen molar-refractivity contribution < 1.29 is 24.3 Å². The standard InChI is InChI=1S/C25H34N10O5/c26-17(5-3-7-30-25(27)28)22(38)34-20(9-15-11-29-13-33-15)24(40)35-19(23(39)32-12-21(36)37)8-14-10-31-18-6-2-1-4-16(14)18/h1-2,4,6,10-11,13,17,19-20,31H,3,5,7-9,12,26H2,(H,29,33)(H,32,39)(H,34,38)(H,35,40)(H,36,37)(H4,27,28,30). The van der Waals surface area contributed by atoms with Crippen LogP contribution in [0, 0.1) is 0 Å². The van der Waals surface area contributed by atoms with Crippen molar-refractivity contribution in [2.45, 2.75) is 43.8 Å². The van der Waals surface area contributed by atoms with E-state index in [0.717, 1.165) is 16.5 Å². The number of carbonyl (C=O) groups excluding carboxylic acids is 3. The van der Waals surface area contributed by atoms with Crippen LogP contribution in [0.5, 0.6) is 0 Å². The molecule has 3 unspecified atom stereocenters. The van der Waals surface area contributed by atoms with Crippen molar-refractivity contribution in [3.8, 4) is 0 Å². The second-order valence-corrected chi connectivity index (χ2v) is 9.13. The van der Waals surface area contributed by atoms with Gasteiger partial charge in [-0.2, -0.15) is 0 Å². The van der Waals surface area contributed by atoms with Gasteiger partial charge in [0.1, 0.15) is 18.6 Å². The molecule has 0 bridgehead atoms. The fraction of sp³-hybridized carbons (Fsp3) is 0.360. The van der Waals surface area contributed by atoms with Gasteiger partial charge in [0.2, 0.25) is 17.7 Å². The maximum absolute atomic E-state index is 13.5. The lowest BCUT2D eigenvalue weighted by atomic mass is 10.0. The van der Waals surface area contributed by atoms with Gasteiger partial charge < -0.3 is 48.2 Å². The first-order valence-electron chi connectivity index (χ1n) is 12.6. The van der Waals surface area contributed by atoms with E-state index < -0.39 is 48.4 Å². The zero-order valence-corrected chi connectivity index (χ0v) is 21.7. The van der Waals surface area contributed by atoms with E-state index in [0.29, 0.717) is 18.7 Å². The van der Waals surface area contributed by atoms with Gasteiger partial charge in [-0.3, -0.25) is 24.2 Å². The number of nitrogens with two attached hydrogens (primary N) is 3. The van der Waals surface area contributed by atoms with Gasteiger partial charge in [0, 0.05) is 48.4 Å². The van der Waals surface area contributed by atoms with Crippen LogP contribution in [-0.4, -0.2) is 80.9 Å². The number of carbonyl (C=O) groups is 4. The van der Waals surface area contributed by atoms with E-state index in [4.69, 9.17) is 22.3 Å². The second kappa shape index (κ2) is 14.3. The number of aromatic amines is 2. The Kier molecular flexibility index (Phi) is 10.6. The lowest BCUT2D eigenvalue weighted by molar-refractivity contribution is -0.138. The fourth-order valence-electron chi connectivity index (χ4n) is 4.04. The van der Waals surface area contributed by atoms with Crippen LogP contribution in [0.25, 0.3) is 10.9 Å². The number of hydrogen-bond donors (Lipinski definition) is 9. The summed E-state index contributed by atoms with van der Waals surface area (Å²) in [5.74, 6) is -3.23. The van der Waals surface area contributed by atoms with E-state index in [1.165, 1.54) is 12.5 Å². The Labute approximate surface area is 229 Å². The molecule has 0 aliphatic rings. The Morgan fingerprint density at radius 2 is 1.73 bits per heavy atom. The summed E-state index contributed by atoms with van der Waals surface area (Å²) in [6, 6.07) is 4.24. The molecule has 2 aromatic heterocycles. The molecule has 0 saturated heterocycles. The van der Waals surface area contributed by atoms with Crippen LogP contribution in [0.3, 0.4) is 0 Å². The van der Waals surface area contributed by atoms with Gasteiger partial charge in [0.25, 0.3) is 0 Å². The topological polar surface area (TPSA) is 259 Å². The molecule has 40 heavy (non-hydrogen) atoms. The minimum atomic E-state index is -1.23. The summed E-state index contributed by atoms with van der Waals surface area (Å²) in [6.45, 7) is -0.329. The van der Waals surface area contributed by atoms with Crippen molar-refractivity contribution in [1.29, 1.82) is 0 Å². The number of nitrogens with zero attached hydrogens (tertiary/aromatic N) is 2. The minimum Gasteiger partial charge on any atom is -0.480 e. The molecule has 0 fully saturated rings. The van der Waals surface area contributed by atoms with Crippen LogP contribution in [0.1, 0.15) is 24.1 Å². The SMILES string of the molecule is NC(N)=NCCCC(N)C(=O)NC(Cc1cnc[nH]1)C(=O)NC(Cc1c[nH]c2ccccc12)C(=O)NCC(=O)O. The summed E-state index contributed by atoms with van der Waals surface area (Å²) >= 11 is 0. The summed E-state index contributed by atoms with van der Waals surface area (Å²) in [5.41, 5.74) is 18.8. The molecule has 0 aliphatic heterocycles. The van der Waals surface area contributed by atoms with Crippen LogP contribution >= 0.6 is 0 Å². The van der Waals surface area contributed by atoms with Crippen LogP contribution in [0.15, 0.2) is 48.0 Å². The number of carboxylic acid groups (broad SMARTS) is 1. The van der Waals surface area contributed by atoms with E-state index in [1.807, 2.05) is 24.3 Å². The van der Waals surface area contributed by atoms with E-state index in [1.54, 1.807) is 6.20 Å². The molecule has 0 radical (unpaired) electrons. The quantitative estimate of drug-likeness (QED) is 0.0584. The first-order chi connectivity index (χ1) is 19.1. The van der Waals surface area contributed by atoms with Gasteiger partial charge in [0.15, 0.2) is 5.96 Å². The summed E-state index contributed by atoms with van der Waals surface area (Å²) in [5, 5.41) is 17.5. The average Bonchev–Trinajstić information content (AvgIpc) is 3.58. The number of aliphatic carboxylic acids is 1. The smallest absolute Gasteiger partial charge is 0.322 e. The number of imidazole rings is 1. The average molecular weight is 555 g/mol. The normalized spacial score (nSPS) is 13.1. The number of benzene rings is 1. The highest BCUT2D eigenvalue weighted by Gasteiger charge is 2.29. The van der Waals surface area contributed by atoms with Gasteiger partial charge >= 0.3 is 5.97 Å². The molecule has 3 atom stereocenters. The number of nitrogens with one attached hydrogen (secondary N) is 5. The predicted octanol–water partition coefficient (Wildman–Crippen LogP) is -1.77. The number of carboxylic acids is 1. The third-order valence-corrected chi connectivity index (χ3v) is 6.06. The van der Waals surface area contributed by atoms with Crippen molar-refractivity contribution in [2.24, 2.45) is 22.2 Å². The monoisotopic (exact) mass is 554 g/mol. The van der Waals surface area contributed by atoms with Gasteiger partial charge in [-0.1, -0.05) is 18.2 Å². The molecule has 15 nitrogen and oxygen atoms in total. The number of para-hydroxylation sites is 1. The third kappa shape index (κ3) is 8.83. The van der Waals surface area contributed by atoms with Crippen molar-refractivity contribution in [3.63, 3.8) is 0 Å². The van der Waals surface area contributed by atoms with Crippen molar-refractivity contribution in [3.05, 3.63) is 54.2 Å². The van der Waals surface area contributed by atoms with Crippen LogP contribution in [0.4, 0.5) is 0 Å². The molecule has 3 amide bonds. The summed E-state index contributed by atoms with van der Waals surface area (Å²) in [7, 11) is 0. The predicted molar refractivity (Wildman–Crippen MR) is 147 cm³/mol. The number of guanidine groups is 1. The molecule has 0 aliphatic carbocycles. The number of hydrogen-bond acceptors (Lipinski definition) is 7. The summed E-state index contributed by atoms with van der Waals surface area (Å²) in [4.78, 5) is 64.1. The Bertz CT molecular complexity index is 1330. The van der Waals surface area contributed by atoms with E-state index >= 15 is 0 Å². The highest BCUT2D eigenvalue weighted by Crippen LogP contribution is 2.19. The molecule has 3 rings (SSSR count). The Morgan fingerprint density at radius 3 is 2.42 bits per heavy atom. The largest absolute Gasteiger partial charge is 0.480 e. The first-order valence-corrected chi connectivity index (χ1v) is 12.6. The highest BCUT2D eigenvalue weighted by molar-refractivity contribution is 5.94. The molecular weight excluding hydrogens is 520 g/mol. The molecule has 15 heteroatoms. The number of H-pyrrole nitrogens is 2. The van der Waals surface area contributed by atoms with Crippen molar-refractivity contribution >= 4 is 40.6 Å². The Balaban J connectivity index is 1.76. The van der Waals surface area contributed by atoms with Gasteiger partial charge in [-0.25, -0.2) is 4.98 Å². The number of amides is 3. The summed E-state index contributed by atoms with van der Waals surface area (Å²) in [6.07, 6.45) is 5.47.